The Morgan fingerprint density at radius 1 is 1.33 bits per heavy atom. The lowest BCUT2D eigenvalue weighted by atomic mass is 9.77. The topological polar surface area (TPSA) is 106 Å². The van der Waals surface area contributed by atoms with Gasteiger partial charge in [-0.25, -0.2) is 10.8 Å². The standard InChI is InChI=1S/C14H15N5O2/c15-18-13-6-5-12(19(20)21)14(17-13)16-8-10-7-9-3-1-2-4-11(9)10/h1-6,10H,7-8,15H2,(H2,16,17,18). The molecule has 1 aliphatic carbocycles. The molecular formula is C14H15N5O2. The van der Waals surface area contributed by atoms with Crippen molar-refractivity contribution in [3.63, 3.8) is 0 Å². The molecule has 4 N–H and O–H groups in total. The van der Waals surface area contributed by atoms with E-state index in [0.717, 1.165) is 6.42 Å². The molecule has 21 heavy (non-hydrogen) atoms. The van der Waals surface area contributed by atoms with Gasteiger partial charge in [0, 0.05) is 18.5 Å². The minimum Gasteiger partial charge on any atom is -0.364 e. The molecule has 0 aliphatic heterocycles. The van der Waals surface area contributed by atoms with Gasteiger partial charge in [0.1, 0.15) is 5.82 Å². The highest BCUT2D eigenvalue weighted by Gasteiger charge is 2.26. The van der Waals surface area contributed by atoms with Gasteiger partial charge >= 0.3 is 5.69 Å². The zero-order valence-electron chi connectivity index (χ0n) is 11.2. The third-order valence-corrected chi connectivity index (χ3v) is 3.70. The first kappa shape index (κ1) is 13.3. The number of hydrogen-bond acceptors (Lipinski definition) is 6. The minimum atomic E-state index is -0.454. The summed E-state index contributed by atoms with van der Waals surface area (Å²) in [5.74, 6) is 6.27. The van der Waals surface area contributed by atoms with Crippen molar-refractivity contribution in [2.24, 2.45) is 5.84 Å². The van der Waals surface area contributed by atoms with Crippen LogP contribution in [0.4, 0.5) is 17.3 Å². The average molecular weight is 285 g/mol. The summed E-state index contributed by atoms with van der Waals surface area (Å²) >= 11 is 0. The van der Waals surface area contributed by atoms with E-state index in [9.17, 15) is 10.1 Å². The van der Waals surface area contributed by atoms with Crippen LogP contribution in [-0.4, -0.2) is 16.5 Å². The molecule has 0 spiro atoms. The number of aromatic nitrogens is 1. The Morgan fingerprint density at radius 2 is 2.14 bits per heavy atom. The molecule has 1 atom stereocenters. The van der Waals surface area contributed by atoms with Crippen molar-refractivity contribution in [2.75, 3.05) is 17.3 Å². The molecule has 108 valence electrons. The average Bonchev–Trinajstić information content (AvgIpc) is 2.47. The molecule has 0 fully saturated rings. The number of nitrogens with two attached hydrogens (primary N) is 1. The first-order valence-electron chi connectivity index (χ1n) is 6.62. The molecule has 0 bridgehead atoms. The van der Waals surface area contributed by atoms with Crippen LogP contribution in [-0.2, 0) is 6.42 Å². The summed E-state index contributed by atoms with van der Waals surface area (Å²) in [6.07, 6.45) is 0.978. The molecule has 7 heteroatoms. The van der Waals surface area contributed by atoms with Crippen molar-refractivity contribution in [1.82, 2.24) is 4.98 Å². The Bertz CT molecular complexity index is 689. The molecule has 1 aromatic carbocycles. The van der Waals surface area contributed by atoms with Gasteiger partial charge in [-0.2, -0.15) is 0 Å². The maximum absolute atomic E-state index is 11.0. The highest BCUT2D eigenvalue weighted by atomic mass is 16.6. The fourth-order valence-electron chi connectivity index (χ4n) is 2.57. The quantitative estimate of drug-likeness (QED) is 0.441. The van der Waals surface area contributed by atoms with Crippen LogP contribution in [0, 0.1) is 10.1 Å². The second-order valence-corrected chi connectivity index (χ2v) is 4.95. The van der Waals surface area contributed by atoms with E-state index in [1.165, 1.54) is 23.3 Å². The van der Waals surface area contributed by atoms with Gasteiger partial charge in [-0.05, 0) is 23.6 Å². The molecule has 1 unspecified atom stereocenters. The van der Waals surface area contributed by atoms with E-state index in [1.54, 1.807) is 0 Å². The van der Waals surface area contributed by atoms with Gasteiger partial charge in [0.25, 0.3) is 0 Å². The number of hydrogen-bond donors (Lipinski definition) is 3. The van der Waals surface area contributed by atoms with Crippen LogP contribution in [0.2, 0.25) is 0 Å². The molecule has 0 amide bonds. The normalized spacial score (nSPS) is 15.8. The van der Waals surface area contributed by atoms with Crippen molar-refractivity contribution in [3.05, 3.63) is 57.6 Å². The first-order chi connectivity index (χ1) is 10.2. The third kappa shape index (κ3) is 2.50. The number of hydrazine groups is 1. The van der Waals surface area contributed by atoms with Gasteiger partial charge in [-0.1, -0.05) is 24.3 Å². The molecule has 0 radical (unpaired) electrons. The number of fused-ring (bicyclic) bond motifs is 1. The second kappa shape index (κ2) is 5.37. The molecule has 3 rings (SSSR count). The molecule has 1 aromatic heterocycles. The van der Waals surface area contributed by atoms with E-state index < -0.39 is 4.92 Å². The summed E-state index contributed by atoms with van der Waals surface area (Å²) in [7, 11) is 0. The van der Waals surface area contributed by atoms with Gasteiger partial charge in [0.05, 0.1) is 4.92 Å². The van der Waals surface area contributed by atoms with E-state index in [4.69, 9.17) is 5.84 Å². The fraction of sp³-hybridized carbons (Fsp3) is 0.214. The Kier molecular flexibility index (Phi) is 3.41. The second-order valence-electron chi connectivity index (χ2n) is 4.95. The summed E-state index contributed by atoms with van der Waals surface area (Å²) in [5, 5.41) is 14.1. The smallest absolute Gasteiger partial charge is 0.311 e. The summed E-state index contributed by atoms with van der Waals surface area (Å²) in [6, 6.07) is 11.1. The number of anilines is 2. The van der Waals surface area contributed by atoms with E-state index in [2.05, 4.69) is 27.9 Å². The van der Waals surface area contributed by atoms with Crippen LogP contribution >= 0.6 is 0 Å². The van der Waals surface area contributed by atoms with Gasteiger partial charge in [0.2, 0.25) is 5.82 Å². The zero-order valence-corrected chi connectivity index (χ0v) is 11.2. The Labute approximate surface area is 121 Å². The maximum Gasteiger partial charge on any atom is 0.311 e. The van der Waals surface area contributed by atoms with Gasteiger partial charge in [0.15, 0.2) is 0 Å². The van der Waals surface area contributed by atoms with E-state index in [1.807, 2.05) is 12.1 Å². The first-order valence-corrected chi connectivity index (χ1v) is 6.62. The number of nitro groups is 1. The number of pyridine rings is 1. The fourth-order valence-corrected chi connectivity index (χ4v) is 2.57. The van der Waals surface area contributed by atoms with Crippen LogP contribution in [0.1, 0.15) is 17.0 Å². The zero-order chi connectivity index (χ0) is 14.8. The number of nitrogens with zero attached hydrogens (tertiary/aromatic N) is 2. The lowest BCUT2D eigenvalue weighted by Crippen LogP contribution is -2.25. The molecule has 0 saturated heterocycles. The SMILES string of the molecule is NNc1ccc([N+](=O)[O-])c(NCC2Cc3ccccc32)n1. The number of rotatable bonds is 5. The van der Waals surface area contributed by atoms with Gasteiger partial charge < -0.3 is 10.7 Å². The summed E-state index contributed by atoms with van der Waals surface area (Å²) in [6.45, 7) is 0.610. The molecule has 2 aromatic rings. The highest BCUT2D eigenvalue weighted by molar-refractivity contribution is 5.60. The van der Waals surface area contributed by atoms with E-state index >= 15 is 0 Å². The van der Waals surface area contributed by atoms with Crippen molar-refractivity contribution in [2.45, 2.75) is 12.3 Å². The van der Waals surface area contributed by atoms with Gasteiger partial charge in [-0.3, -0.25) is 10.1 Å². The molecule has 0 saturated carbocycles. The highest BCUT2D eigenvalue weighted by Crippen LogP contribution is 2.35. The van der Waals surface area contributed by atoms with Crippen LogP contribution in [0.5, 0.6) is 0 Å². The predicted octanol–water partition coefficient (Wildman–Crippen LogP) is 2.03. The van der Waals surface area contributed by atoms with Crippen LogP contribution in [0.15, 0.2) is 36.4 Å². The molecule has 7 nitrogen and oxygen atoms in total. The van der Waals surface area contributed by atoms with Crippen LogP contribution < -0.4 is 16.6 Å². The molecular weight excluding hydrogens is 270 g/mol. The Balaban J connectivity index is 1.75. The van der Waals surface area contributed by atoms with Crippen molar-refractivity contribution in [3.8, 4) is 0 Å². The summed E-state index contributed by atoms with van der Waals surface area (Å²) < 4.78 is 0. The van der Waals surface area contributed by atoms with Crippen LogP contribution in [0.25, 0.3) is 0 Å². The van der Waals surface area contributed by atoms with Crippen molar-refractivity contribution >= 4 is 17.3 Å². The monoisotopic (exact) mass is 285 g/mol. The summed E-state index contributed by atoms with van der Waals surface area (Å²) in [4.78, 5) is 14.7. The third-order valence-electron chi connectivity index (χ3n) is 3.70. The van der Waals surface area contributed by atoms with Gasteiger partial charge in [-0.15, -0.1) is 0 Å². The summed E-state index contributed by atoms with van der Waals surface area (Å²) in [5.41, 5.74) is 4.97. The Hall–Kier alpha value is -2.67. The molecule has 1 aliphatic rings. The van der Waals surface area contributed by atoms with Crippen LogP contribution in [0.3, 0.4) is 0 Å². The van der Waals surface area contributed by atoms with Crippen molar-refractivity contribution in [1.29, 1.82) is 0 Å². The molecule has 1 heterocycles. The minimum absolute atomic E-state index is 0.0541. The number of nitrogens with one attached hydrogen (secondary N) is 2. The van der Waals surface area contributed by atoms with E-state index in [-0.39, 0.29) is 11.5 Å². The Morgan fingerprint density at radius 3 is 2.86 bits per heavy atom. The lowest BCUT2D eigenvalue weighted by molar-refractivity contribution is -0.384. The number of nitrogen functional groups attached to an aromatic ring is 1. The lowest BCUT2D eigenvalue weighted by Gasteiger charge is -2.30. The largest absolute Gasteiger partial charge is 0.364 e. The predicted molar refractivity (Wildman–Crippen MR) is 80.1 cm³/mol. The van der Waals surface area contributed by atoms with Crippen molar-refractivity contribution < 1.29 is 4.92 Å². The maximum atomic E-state index is 11.0. The van der Waals surface area contributed by atoms with E-state index in [0.29, 0.717) is 18.3 Å². The number of benzene rings is 1.